The van der Waals surface area contributed by atoms with Crippen molar-refractivity contribution < 1.29 is 19.4 Å². The molecule has 2 rings (SSSR count). The molecule has 2 aliphatic rings. The van der Waals surface area contributed by atoms with E-state index in [1.54, 1.807) is 4.90 Å². The molecule has 6 heteroatoms. The second-order valence-corrected chi connectivity index (χ2v) is 8.25. The summed E-state index contributed by atoms with van der Waals surface area (Å²) in [6.07, 6.45) is 4.44. The van der Waals surface area contributed by atoms with Crippen molar-refractivity contribution in [3.63, 3.8) is 0 Å². The predicted octanol–water partition coefficient (Wildman–Crippen LogP) is 2.62. The SMILES string of the molecule is CCC1(CNC2(CC(=O)O)CN(C(=O)OC(C)(C)C)C2)CCC1. The van der Waals surface area contributed by atoms with Gasteiger partial charge in [0, 0.05) is 19.6 Å². The van der Waals surface area contributed by atoms with E-state index in [-0.39, 0.29) is 12.5 Å². The fourth-order valence-electron chi connectivity index (χ4n) is 3.42. The molecule has 0 atom stereocenters. The molecule has 0 aromatic rings. The molecule has 0 radical (unpaired) electrons. The van der Waals surface area contributed by atoms with Gasteiger partial charge in [-0.05, 0) is 45.4 Å². The molecule has 1 aliphatic heterocycles. The highest BCUT2D eigenvalue weighted by Crippen LogP contribution is 2.44. The van der Waals surface area contributed by atoms with Crippen LogP contribution in [0.2, 0.25) is 0 Å². The third kappa shape index (κ3) is 4.37. The van der Waals surface area contributed by atoms with E-state index < -0.39 is 17.1 Å². The van der Waals surface area contributed by atoms with Crippen molar-refractivity contribution in [2.24, 2.45) is 5.41 Å². The van der Waals surface area contributed by atoms with Gasteiger partial charge < -0.3 is 20.1 Å². The van der Waals surface area contributed by atoms with Crippen molar-refractivity contribution in [3.8, 4) is 0 Å². The highest BCUT2D eigenvalue weighted by Gasteiger charge is 2.49. The van der Waals surface area contributed by atoms with Crippen molar-refractivity contribution in [1.29, 1.82) is 0 Å². The maximum absolute atomic E-state index is 12.1. The van der Waals surface area contributed by atoms with Gasteiger partial charge in [0.25, 0.3) is 0 Å². The molecule has 0 bridgehead atoms. The summed E-state index contributed by atoms with van der Waals surface area (Å²) in [5.41, 5.74) is -0.730. The zero-order valence-electron chi connectivity index (χ0n) is 14.8. The number of hydrogen-bond acceptors (Lipinski definition) is 4. The Morgan fingerprint density at radius 2 is 1.87 bits per heavy atom. The van der Waals surface area contributed by atoms with Crippen LogP contribution in [-0.2, 0) is 9.53 Å². The molecule has 0 aromatic heterocycles. The summed E-state index contributed by atoms with van der Waals surface area (Å²) < 4.78 is 5.35. The molecule has 1 saturated heterocycles. The number of carbonyl (C=O) groups is 2. The number of carboxylic acid groups (broad SMARTS) is 1. The van der Waals surface area contributed by atoms with Crippen LogP contribution in [0.15, 0.2) is 0 Å². The summed E-state index contributed by atoms with van der Waals surface area (Å²) >= 11 is 0. The monoisotopic (exact) mass is 326 g/mol. The Kier molecular flexibility index (Phi) is 4.95. The Bertz CT molecular complexity index is 454. The second-order valence-electron chi connectivity index (χ2n) is 8.25. The average molecular weight is 326 g/mol. The maximum Gasteiger partial charge on any atom is 0.410 e. The van der Waals surface area contributed by atoms with E-state index in [0.29, 0.717) is 18.5 Å². The van der Waals surface area contributed by atoms with Crippen LogP contribution in [0, 0.1) is 5.41 Å². The Morgan fingerprint density at radius 1 is 1.26 bits per heavy atom. The third-order valence-electron chi connectivity index (χ3n) is 5.13. The Hall–Kier alpha value is -1.30. The second kappa shape index (κ2) is 6.30. The zero-order chi connectivity index (χ0) is 17.3. The minimum Gasteiger partial charge on any atom is -0.481 e. The zero-order valence-corrected chi connectivity index (χ0v) is 14.8. The number of ether oxygens (including phenoxy) is 1. The lowest BCUT2D eigenvalue weighted by atomic mass is 9.66. The number of carboxylic acids is 1. The number of rotatable bonds is 6. The van der Waals surface area contributed by atoms with Gasteiger partial charge in [-0.1, -0.05) is 13.3 Å². The maximum atomic E-state index is 12.1. The summed E-state index contributed by atoms with van der Waals surface area (Å²) in [5.74, 6) is -0.833. The molecule has 0 aromatic carbocycles. The summed E-state index contributed by atoms with van der Waals surface area (Å²) in [6.45, 7) is 9.30. The highest BCUT2D eigenvalue weighted by atomic mass is 16.6. The number of hydrogen-bond donors (Lipinski definition) is 2. The van der Waals surface area contributed by atoms with E-state index in [9.17, 15) is 14.7 Å². The Morgan fingerprint density at radius 3 is 2.26 bits per heavy atom. The fourth-order valence-corrected chi connectivity index (χ4v) is 3.42. The number of likely N-dealkylation sites (tertiary alicyclic amines) is 1. The van der Waals surface area contributed by atoms with Crippen molar-refractivity contribution in [2.45, 2.75) is 70.9 Å². The van der Waals surface area contributed by atoms with Crippen molar-refractivity contribution in [2.75, 3.05) is 19.6 Å². The first-order chi connectivity index (χ1) is 10.6. The summed E-state index contributed by atoms with van der Waals surface area (Å²) in [5, 5.41) is 12.7. The number of amides is 1. The first-order valence-electron chi connectivity index (χ1n) is 8.54. The standard InChI is InChI=1S/C17H30N2O4/c1-5-16(7-6-8-16)10-18-17(9-13(20)21)11-19(12-17)14(22)23-15(2,3)4/h18H,5-12H2,1-4H3,(H,20,21). The molecule has 1 amide bonds. The quantitative estimate of drug-likeness (QED) is 0.784. The van der Waals surface area contributed by atoms with Crippen LogP contribution in [0.3, 0.4) is 0 Å². The van der Waals surface area contributed by atoms with E-state index >= 15 is 0 Å². The molecule has 1 saturated carbocycles. The molecule has 0 spiro atoms. The molecule has 1 heterocycles. The van der Waals surface area contributed by atoms with Gasteiger partial charge in [0.15, 0.2) is 0 Å². The largest absolute Gasteiger partial charge is 0.481 e. The molecule has 23 heavy (non-hydrogen) atoms. The minimum absolute atomic E-state index is 0.0338. The van der Waals surface area contributed by atoms with Gasteiger partial charge in [-0.15, -0.1) is 0 Å². The molecule has 0 unspecified atom stereocenters. The van der Waals surface area contributed by atoms with E-state index in [2.05, 4.69) is 12.2 Å². The van der Waals surface area contributed by atoms with Crippen molar-refractivity contribution in [3.05, 3.63) is 0 Å². The first-order valence-corrected chi connectivity index (χ1v) is 8.54. The van der Waals surface area contributed by atoms with Crippen molar-refractivity contribution >= 4 is 12.1 Å². The molecular weight excluding hydrogens is 296 g/mol. The van der Waals surface area contributed by atoms with E-state index in [1.165, 1.54) is 19.3 Å². The van der Waals surface area contributed by atoms with E-state index in [4.69, 9.17) is 4.74 Å². The van der Waals surface area contributed by atoms with Gasteiger partial charge in [-0.3, -0.25) is 4.79 Å². The van der Waals surface area contributed by atoms with Crippen LogP contribution in [0.1, 0.15) is 59.8 Å². The lowest BCUT2D eigenvalue weighted by Gasteiger charge is -2.52. The predicted molar refractivity (Wildman–Crippen MR) is 87.4 cm³/mol. The third-order valence-corrected chi connectivity index (χ3v) is 5.13. The van der Waals surface area contributed by atoms with Crippen LogP contribution in [0.25, 0.3) is 0 Å². The smallest absolute Gasteiger partial charge is 0.410 e. The lowest BCUT2D eigenvalue weighted by molar-refractivity contribution is -0.141. The van der Waals surface area contributed by atoms with Crippen LogP contribution in [-0.4, -0.2) is 52.8 Å². The van der Waals surface area contributed by atoms with Gasteiger partial charge in [0.05, 0.1) is 12.0 Å². The number of carbonyl (C=O) groups excluding carboxylic acids is 1. The van der Waals surface area contributed by atoms with Crippen LogP contribution in [0.4, 0.5) is 4.79 Å². The molecule has 6 nitrogen and oxygen atoms in total. The van der Waals surface area contributed by atoms with Gasteiger partial charge in [0.1, 0.15) is 5.60 Å². The summed E-state index contributed by atoms with van der Waals surface area (Å²) in [7, 11) is 0. The van der Waals surface area contributed by atoms with Crippen LogP contribution >= 0.6 is 0 Å². The van der Waals surface area contributed by atoms with Gasteiger partial charge in [-0.2, -0.15) is 0 Å². The Balaban J connectivity index is 1.92. The van der Waals surface area contributed by atoms with E-state index in [0.717, 1.165) is 13.0 Å². The van der Waals surface area contributed by atoms with Crippen LogP contribution < -0.4 is 5.32 Å². The fraction of sp³-hybridized carbons (Fsp3) is 0.882. The summed E-state index contributed by atoms with van der Waals surface area (Å²) in [6, 6.07) is 0. The molecule has 132 valence electrons. The average Bonchev–Trinajstić information content (AvgIpc) is 2.30. The van der Waals surface area contributed by atoms with Crippen LogP contribution in [0.5, 0.6) is 0 Å². The number of nitrogens with one attached hydrogen (secondary N) is 1. The number of nitrogens with zero attached hydrogens (tertiary/aromatic N) is 1. The molecule has 2 fully saturated rings. The first kappa shape index (κ1) is 18.0. The van der Waals surface area contributed by atoms with Crippen molar-refractivity contribution in [1.82, 2.24) is 10.2 Å². The van der Waals surface area contributed by atoms with E-state index in [1.807, 2.05) is 20.8 Å². The number of aliphatic carboxylic acids is 1. The molecule has 2 N–H and O–H groups in total. The molecule has 1 aliphatic carbocycles. The lowest BCUT2D eigenvalue weighted by Crippen LogP contribution is -2.72. The minimum atomic E-state index is -0.833. The topological polar surface area (TPSA) is 78.9 Å². The van der Waals surface area contributed by atoms with Gasteiger partial charge in [0.2, 0.25) is 0 Å². The summed E-state index contributed by atoms with van der Waals surface area (Å²) in [4.78, 5) is 24.9. The van der Waals surface area contributed by atoms with Gasteiger partial charge in [-0.25, -0.2) is 4.79 Å². The normalized spacial score (nSPS) is 22.0. The Labute approximate surface area is 138 Å². The van der Waals surface area contributed by atoms with Gasteiger partial charge >= 0.3 is 12.1 Å². The molecular formula is C17H30N2O4. The highest BCUT2D eigenvalue weighted by molar-refractivity contribution is 5.73.